The monoisotopic (exact) mass is 486 g/mol. The van der Waals surface area contributed by atoms with Crippen LogP contribution in [0.1, 0.15) is 6.92 Å². The van der Waals surface area contributed by atoms with E-state index in [1.165, 1.54) is 22.8 Å². The number of carbonyl (C=O) groups is 4. The van der Waals surface area contributed by atoms with Gasteiger partial charge in [0.15, 0.2) is 0 Å². The van der Waals surface area contributed by atoms with Crippen LogP contribution >= 0.6 is 11.6 Å². The Kier molecular flexibility index (Phi) is 8.15. The van der Waals surface area contributed by atoms with Crippen LogP contribution in [0.4, 0.5) is 30.1 Å². The van der Waals surface area contributed by atoms with Crippen LogP contribution in [0.3, 0.4) is 0 Å². The van der Waals surface area contributed by atoms with E-state index in [2.05, 4.69) is 10.1 Å². The van der Waals surface area contributed by atoms with Crippen molar-refractivity contribution >= 4 is 46.5 Å². The number of nitrogens with zero attached hydrogens (tertiary/aromatic N) is 3. The van der Waals surface area contributed by atoms with Crippen molar-refractivity contribution in [2.75, 3.05) is 62.3 Å². The van der Waals surface area contributed by atoms with Crippen molar-refractivity contribution in [2.24, 2.45) is 0 Å². The van der Waals surface area contributed by atoms with Crippen molar-refractivity contribution in [2.45, 2.75) is 13.0 Å². The first-order valence-corrected chi connectivity index (χ1v) is 10.6. The number of nitrogens with one attached hydrogen (secondary N) is 1. The van der Waals surface area contributed by atoms with Gasteiger partial charge < -0.3 is 29.3 Å². The topological polar surface area (TPSA) is 118 Å². The molecule has 0 spiro atoms. The largest absolute Gasteiger partial charge is 0.450 e. The van der Waals surface area contributed by atoms with Gasteiger partial charge in [0, 0.05) is 44.7 Å². The molecule has 3 rings (SSSR count). The third kappa shape index (κ3) is 6.60. The van der Waals surface area contributed by atoms with Crippen LogP contribution in [-0.2, 0) is 19.0 Å². The second kappa shape index (κ2) is 11.0. The number of hydrogen-bond donors (Lipinski definition) is 1. The lowest BCUT2D eigenvalue weighted by Gasteiger charge is -2.35. The van der Waals surface area contributed by atoms with Crippen molar-refractivity contribution in [1.29, 1.82) is 0 Å². The van der Waals surface area contributed by atoms with Gasteiger partial charge in [-0.05, 0) is 18.2 Å². The molecule has 0 bridgehead atoms. The van der Waals surface area contributed by atoms with E-state index in [0.29, 0.717) is 37.6 Å². The zero-order chi connectivity index (χ0) is 24.0. The molecule has 2 fully saturated rings. The van der Waals surface area contributed by atoms with E-state index in [4.69, 9.17) is 21.1 Å². The summed E-state index contributed by atoms with van der Waals surface area (Å²) in [6.07, 6.45) is -1.68. The molecular formula is C20H24ClFN4O7. The van der Waals surface area contributed by atoms with Gasteiger partial charge in [-0.2, -0.15) is 0 Å². The number of anilines is 2. The van der Waals surface area contributed by atoms with E-state index < -0.39 is 29.5 Å². The molecule has 1 aromatic carbocycles. The first-order chi connectivity index (χ1) is 15.7. The number of piperazine rings is 1. The van der Waals surface area contributed by atoms with Crippen LogP contribution in [0, 0.1) is 5.82 Å². The van der Waals surface area contributed by atoms with Crippen LogP contribution in [0.25, 0.3) is 0 Å². The van der Waals surface area contributed by atoms with Crippen molar-refractivity contribution in [3.63, 3.8) is 0 Å². The van der Waals surface area contributed by atoms with Gasteiger partial charge in [-0.15, -0.1) is 0 Å². The molecule has 3 amide bonds. The van der Waals surface area contributed by atoms with Crippen LogP contribution in [-0.4, -0.2) is 87.0 Å². The molecule has 0 radical (unpaired) electrons. The van der Waals surface area contributed by atoms with Gasteiger partial charge in [0.1, 0.15) is 25.1 Å². The standard InChI is InChI=1S/C20H24ClFN4O7/c1-13(27)23-11-15-12-26(20(30)33-15)14-2-3-17(16(22)10-14)24-4-6-25(7-5-24)19(29)32-9-8-31-18(21)28/h2-3,10,15H,4-9,11-12H2,1H3,(H,23,27). The average molecular weight is 487 g/mol. The predicted octanol–water partition coefficient (Wildman–Crippen LogP) is 1.92. The van der Waals surface area contributed by atoms with Gasteiger partial charge in [-0.3, -0.25) is 9.69 Å². The average Bonchev–Trinajstić information content (AvgIpc) is 3.15. The third-order valence-corrected chi connectivity index (χ3v) is 5.21. The number of ether oxygens (including phenoxy) is 3. The van der Waals surface area contributed by atoms with Gasteiger partial charge in [-0.1, -0.05) is 0 Å². The van der Waals surface area contributed by atoms with Gasteiger partial charge >= 0.3 is 17.6 Å². The molecule has 2 aliphatic heterocycles. The molecule has 1 atom stereocenters. The minimum Gasteiger partial charge on any atom is -0.450 e. The smallest absolute Gasteiger partial charge is 0.414 e. The summed E-state index contributed by atoms with van der Waals surface area (Å²) < 4.78 is 29.5. The Labute approximate surface area is 194 Å². The van der Waals surface area contributed by atoms with Crippen LogP contribution in [0.5, 0.6) is 0 Å². The number of halogens is 2. The molecule has 1 N–H and O–H groups in total. The molecule has 180 valence electrons. The lowest BCUT2D eigenvalue weighted by molar-refractivity contribution is -0.119. The molecule has 2 heterocycles. The highest BCUT2D eigenvalue weighted by Gasteiger charge is 2.33. The Morgan fingerprint density at radius 3 is 2.52 bits per heavy atom. The quantitative estimate of drug-likeness (QED) is 0.353. The third-order valence-electron chi connectivity index (χ3n) is 5.10. The zero-order valence-corrected chi connectivity index (χ0v) is 18.7. The molecule has 33 heavy (non-hydrogen) atoms. The predicted molar refractivity (Wildman–Crippen MR) is 115 cm³/mol. The van der Waals surface area contributed by atoms with E-state index in [1.807, 2.05) is 0 Å². The van der Waals surface area contributed by atoms with Crippen molar-refractivity contribution in [3.05, 3.63) is 24.0 Å². The summed E-state index contributed by atoms with van der Waals surface area (Å²) in [4.78, 5) is 50.3. The Morgan fingerprint density at radius 1 is 1.18 bits per heavy atom. The maximum Gasteiger partial charge on any atom is 0.414 e. The van der Waals surface area contributed by atoms with Crippen molar-refractivity contribution in [3.8, 4) is 0 Å². The van der Waals surface area contributed by atoms with Gasteiger partial charge in [0.05, 0.1) is 24.5 Å². The van der Waals surface area contributed by atoms with E-state index in [-0.39, 0.29) is 32.2 Å². The molecule has 13 heteroatoms. The molecule has 1 aromatic rings. The zero-order valence-electron chi connectivity index (χ0n) is 17.9. The molecular weight excluding hydrogens is 463 g/mol. The summed E-state index contributed by atoms with van der Waals surface area (Å²) in [7, 11) is 0. The summed E-state index contributed by atoms with van der Waals surface area (Å²) in [6, 6.07) is 4.46. The minimum absolute atomic E-state index is 0.113. The second-order valence-corrected chi connectivity index (χ2v) is 7.67. The highest BCUT2D eigenvalue weighted by Crippen LogP contribution is 2.28. The molecule has 0 aromatic heterocycles. The van der Waals surface area contributed by atoms with E-state index in [9.17, 15) is 23.6 Å². The molecule has 2 aliphatic rings. The van der Waals surface area contributed by atoms with E-state index in [0.717, 1.165) is 0 Å². The first-order valence-electron chi connectivity index (χ1n) is 10.3. The summed E-state index contributed by atoms with van der Waals surface area (Å²) in [5, 5.41) is 2.59. The van der Waals surface area contributed by atoms with Crippen molar-refractivity contribution in [1.82, 2.24) is 10.2 Å². The highest BCUT2D eigenvalue weighted by molar-refractivity contribution is 6.61. The fraction of sp³-hybridized carbons (Fsp3) is 0.500. The summed E-state index contributed by atoms with van der Waals surface area (Å²) in [5.74, 6) is -0.741. The lowest BCUT2D eigenvalue weighted by Crippen LogP contribution is -2.49. The summed E-state index contributed by atoms with van der Waals surface area (Å²) >= 11 is 5.02. The van der Waals surface area contributed by atoms with Crippen LogP contribution in [0.2, 0.25) is 0 Å². The fourth-order valence-electron chi connectivity index (χ4n) is 3.49. The van der Waals surface area contributed by atoms with Crippen LogP contribution in [0.15, 0.2) is 18.2 Å². The summed E-state index contributed by atoms with van der Waals surface area (Å²) in [5.41, 5.74) is -0.270. The molecule has 0 aliphatic carbocycles. The van der Waals surface area contributed by atoms with Crippen molar-refractivity contribution < 1.29 is 37.8 Å². The lowest BCUT2D eigenvalue weighted by atomic mass is 10.2. The number of cyclic esters (lactones) is 1. The van der Waals surface area contributed by atoms with Gasteiger partial charge in [0.25, 0.3) is 0 Å². The normalized spacial score (nSPS) is 18.1. The summed E-state index contributed by atoms with van der Waals surface area (Å²) in [6.45, 7) is 2.90. The SMILES string of the molecule is CC(=O)NCC1CN(c2ccc(N3CCN(C(=O)OCCOC(=O)Cl)CC3)c(F)c2)C(=O)O1. The maximum absolute atomic E-state index is 14.9. The number of carbonyl (C=O) groups excluding carboxylic acids is 4. The van der Waals surface area contributed by atoms with E-state index in [1.54, 1.807) is 17.0 Å². The Balaban J connectivity index is 1.52. The highest BCUT2D eigenvalue weighted by atomic mass is 35.5. The maximum atomic E-state index is 14.9. The first kappa shape index (κ1) is 24.4. The molecule has 11 nitrogen and oxygen atoms in total. The molecule has 2 saturated heterocycles. The van der Waals surface area contributed by atoms with Gasteiger partial charge in [-0.25, -0.2) is 18.8 Å². The second-order valence-electron chi connectivity index (χ2n) is 7.36. The number of benzene rings is 1. The number of hydrogen-bond acceptors (Lipinski definition) is 8. The number of amides is 3. The minimum atomic E-state index is -0.973. The number of rotatable bonds is 7. The van der Waals surface area contributed by atoms with E-state index >= 15 is 0 Å². The molecule has 1 unspecified atom stereocenters. The van der Waals surface area contributed by atoms with Gasteiger partial charge in [0.2, 0.25) is 5.91 Å². The fourth-order valence-corrected chi connectivity index (χ4v) is 3.57. The Hall–Kier alpha value is -3.28. The van der Waals surface area contributed by atoms with Crippen LogP contribution < -0.4 is 15.1 Å². The molecule has 0 saturated carbocycles. The Morgan fingerprint density at radius 2 is 1.88 bits per heavy atom. The Bertz CT molecular complexity index is 910.